The second kappa shape index (κ2) is 4.91. The average molecular weight is 269 g/mol. The number of hydrogen-bond acceptors (Lipinski definition) is 2. The molecule has 1 saturated heterocycles. The molecule has 1 fully saturated rings. The molecular weight excluding hydrogens is 250 g/mol. The van der Waals surface area contributed by atoms with Crippen molar-refractivity contribution in [1.29, 1.82) is 0 Å². The Bertz CT molecular complexity index is 652. The lowest BCUT2D eigenvalue weighted by molar-refractivity contribution is -0.148. The second-order valence-electron chi connectivity index (χ2n) is 5.79. The number of fused-ring (bicyclic) bond motifs is 1. The van der Waals surface area contributed by atoms with Crippen LogP contribution in [0.25, 0.3) is 10.8 Å². The lowest BCUT2D eigenvalue weighted by atomic mass is 9.98. The van der Waals surface area contributed by atoms with E-state index in [1.165, 1.54) is 16.3 Å². The molecule has 1 N–H and O–H groups in total. The first kappa shape index (κ1) is 13.1. The highest BCUT2D eigenvalue weighted by Crippen LogP contribution is 2.31. The van der Waals surface area contributed by atoms with E-state index in [0.29, 0.717) is 6.54 Å². The second-order valence-corrected chi connectivity index (χ2v) is 5.79. The molecule has 0 aliphatic carbocycles. The summed E-state index contributed by atoms with van der Waals surface area (Å²) < 4.78 is 0. The molecule has 0 spiro atoms. The number of carboxylic acids is 1. The Balaban J connectivity index is 1.87. The normalized spacial score (nSPS) is 23.2. The van der Waals surface area contributed by atoms with Gasteiger partial charge >= 0.3 is 5.97 Å². The fraction of sp³-hybridized carbons (Fsp3) is 0.353. The molecule has 1 aliphatic rings. The molecule has 20 heavy (non-hydrogen) atoms. The van der Waals surface area contributed by atoms with Crippen LogP contribution >= 0.6 is 0 Å². The number of benzene rings is 2. The standard InChI is InChI=1S/C17H19NO2/c1-17(16(19)20)9-4-10-18(17)12-13-7-8-14-5-2-3-6-15(14)11-13/h2-3,5-8,11H,4,9-10,12H2,1H3,(H,19,20). The predicted octanol–water partition coefficient (Wildman–Crippen LogP) is 3.28. The Hall–Kier alpha value is -1.87. The van der Waals surface area contributed by atoms with E-state index in [0.717, 1.165) is 19.4 Å². The van der Waals surface area contributed by atoms with Crippen LogP contribution in [0.1, 0.15) is 25.3 Å². The van der Waals surface area contributed by atoms with Crippen molar-refractivity contribution in [3.05, 3.63) is 48.0 Å². The van der Waals surface area contributed by atoms with E-state index in [4.69, 9.17) is 0 Å². The van der Waals surface area contributed by atoms with Crippen molar-refractivity contribution in [1.82, 2.24) is 4.90 Å². The number of rotatable bonds is 3. The average Bonchev–Trinajstić information content (AvgIpc) is 2.81. The van der Waals surface area contributed by atoms with Gasteiger partial charge in [-0.1, -0.05) is 36.4 Å². The molecular formula is C17H19NO2. The molecule has 2 aromatic carbocycles. The maximum Gasteiger partial charge on any atom is 0.323 e. The van der Waals surface area contributed by atoms with Crippen LogP contribution in [0.2, 0.25) is 0 Å². The molecule has 0 radical (unpaired) electrons. The maximum absolute atomic E-state index is 11.5. The van der Waals surface area contributed by atoms with Crippen molar-refractivity contribution < 1.29 is 9.90 Å². The fourth-order valence-electron chi connectivity index (χ4n) is 3.07. The first-order valence-electron chi connectivity index (χ1n) is 7.06. The summed E-state index contributed by atoms with van der Waals surface area (Å²) >= 11 is 0. The third-order valence-electron chi connectivity index (χ3n) is 4.44. The van der Waals surface area contributed by atoms with Gasteiger partial charge in [0.2, 0.25) is 0 Å². The zero-order valence-electron chi connectivity index (χ0n) is 11.7. The van der Waals surface area contributed by atoms with Gasteiger partial charge in [-0.25, -0.2) is 0 Å². The highest BCUT2D eigenvalue weighted by Gasteiger charge is 2.43. The zero-order chi connectivity index (χ0) is 14.2. The van der Waals surface area contributed by atoms with E-state index in [9.17, 15) is 9.90 Å². The van der Waals surface area contributed by atoms with Crippen molar-refractivity contribution in [2.75, 3.05) is 6.54 Å². The summed E-state index contributed by atoms with van der Waals surface area (Å²) in [5.41, 5.74) is 0.462. The maximum atomic E-state index is 11.5. The quantitative estimate of drug-likeness (QED) is 0.929. The summed E-state index contributed by atoms with van der Waals surface area (Å²) in [7, 11) is 0. The van der Waals surface area contributed by atoms with Gasteiger partial charge in [0.25, 0.3) is 0 Å². The van der Waals surface area contributed by atoms with Gasteiger partial charge in [-0.2, -0.15) is 0 Å². The molecule has 0 bridgehead atoms. The Labute approximate surface area is 118 Å². The molecule has 3 nitrogen and oxygen atoms in total. The van der Waals surface area contributed by atoms with Crippen molar-refractivity contribution in [2.45, 2.75) is 31.8 Å². The third kappa shape index (κ3) is 2.18. The minimum atomic E-state index is -0.717. The van der Waals surface area contributed by atoms with E-state index in [-0.39, 0.29) is 0 Å². The number of carbonyl (C=O) groups is 1. The molecule has 0 amide bonds. The third-order valence-corrected chi connectivity index (χ3v) is 4.44. The van der Waals surface area contributed by atoms with Gasteiger partial charge in [0.05, 0.1) is 0 Å². The Morgan fingerprint density at radius 3 is 2.75 bits per heavy atom. The van der Waals surface area contributed by atoms with Crippen LogP contribution < -0.4 is 0 Å². The number of likely N-dealkylation sites (tertiary alicyclic amines) is 1. The van der Waals surface area contributed by atoms with E-state index < -0.39 is 11.5 Å². The molecule has 3 rings (SSSR count). The minimum Gasteiger partial charge on any atom is -0.480 e. The molecule has 3 heteroatoms. The largest absolute Gasteiger partial charge is 0.480 e. The summed E-state index contributed by atoms with van der Waals surface area (Å²) in [6.07, 6.45) is 1.69. The Morgan fingerprint density at radius 2 is 2.00 bits per heavy atom. The molecule has 0 saturated carbocycles. The molecule has 0 aromatic heterocycles. The van der Waals surface area contributed by atoms with Gasteiger partial charge in [-0.05, 0) is 48.7 Å². The van der Waals surface area contributed by atoms with Crippen LogP contribution in [0.3, 0.4) is 0 Å². The van der Waals surface area contributed by atoms with E-state index >= 15 is 0 Å². The molecule has 1 heterocycles. The van der Waals surface area contributed by atoms with Gasteiger partial charge in [-0.15, -0.1) is 0 Å². The van der Waals surface area contributed by atoms with Crippen LogP contribution in [0.4, 0.5) is 0 Å². The number of carboxylic acid groups (broad SMARTS) is 1. The number of hydrogen-bond donors (Lipinski definition) is 1. The Kier molecular flexibility index (Phi) is 3.22. The fourth-order valence-corrected chi connectivity index (χ4v) is 3.07. The molecule has 1 aliphatic heterocycles. The summed E-state index contributed by atoms with van der Waals surface area (Å²) in [6.45, 7) is 3.40. The summed E-state index contributed by atoms with van der Waals surface area (Å²) in [5.74, 6) is -0.712. The highest BCUT2D eigenvalue weighted by atomic mass is 16.4. The van der Waals surface area contributed by atoms with Crippen LogP contribution in [0, 0.1) is 0 Å². The topological polar surface area (TPSA) is 40.5 Å². The van der Waals surface area contributed by atoms with Crippen LogP contribution in [-0.4, -0.2) is 28.1 Å². The van der Waals surface area contributed by atoms with Crippen molar-refractivity contribution >= 4 is 16.7 Å². The molecule has 1 unspecified atom stereocenters. The van der Waals surface area contributed by atoms with Gasteiger partial charge in [0.15, 0.2) is 0 Å². The van der Waals surface area contributed by atoms with E-state index in [1.54, 1.807) is 0 Å². The molecule has 1 atom stereocenters. The minimum absolute atomic E-state index is 0.702. The van der Waals surface area contributed by atoms with Crippen molar-refractivity contribution in [3.8, 4) is 0 Å². The summed E-state index contributed by atoms with van der Waals surface area (Å²) in [4.78, 5) is 13.6. The molecule has 2 aromatic rings. The van der Waals surface area contributed by atoms with Gasteiger partial charge in [0, 0.05) is 6.54 Å². The summed E-state index contributed by atoms with van der Waals surface area (Å²) in [5, 5.41) is 11.9. The number of nitrogens with zero attached hydrogens (tertiary/aromatic N) is 1. The number of aliphatic carboxylic acids is 1. The monoisotopic (exact) mass is 269 g/mol. The smallest absolute Gasteiger partial charge is 0.323 e. The lowest BCUT2D eigenvalue weighted by Crippen LogP contribution is -2.47. The van der Waals surface area contributed by atoms with Crippen molar-refractivity contribution in [3.63, 3.8) is 0 Å². The van der Waals surface area contributed by atoms with Gasteiger partial charge < -0.3 is 5.11 Å². The lowest BCUT2D eigenvalue weighted by Gasteiger charge is -2.31. The van der Waals surface area contributed by atoms with Crippen LogP contribution in [0.15, 0.2) is 42.5 Å². The van der Waals surface area contributed by atoms with E-state index in [1.807, 2.05) is 19.1 Å². The molecule has 104 valence electrons. The highest BCUT2D eigenvalue weighted by molar-refractivity contribution is 5.83. The zero-order valence-corrected chi connectivity index (χ0v) is 11.7. The van der Waals surface area contributed by atoms with E-state index in [2.05, 4.69) is 35.2 Å². The van der Waals surface area contributed by atoms with Crippen molar-refractivity contribution in [2.24, 2.45) is 0 Å². The summed E-state index contributed by atoms with van der Waals surface area (Å²) in [6, 6.07) is 14.6. The van der Waals surface area contributed by atoms with Crippen LogP contribution in [-0.2, 0) is 11.3 Å². The predicted molar refractivity (Wildman–Crippen MR) is 79.6 cm³/mol. The van der Waals surface area contributed by atoms with Gasteiger partial charge in [-0.3, -0.25) is 9.69 Å². The first-order valence-corrected chi connectivity index (χ1v) is 7.06. The SMILES string of the molecule is CC1(C(=O)O)CCCN1Cc1ccc2ccccc2c1. The van der Waals surface area contributed by atoms with Crippen LogP contribution in [0.5, 0.6) is 0 Å². The Morgan fingerprint density at radius 1 is 1.25 bits per heavy atom. The van der Waals surface area contributed by atoms with Gasteiger partial charge in [0.1, 0.15) is 5.54 Å². The first-order chi connectivity index (χ1) is 9.59.